The number of aliphatic carboxylic acids is 1. The third-order valence-corrected chi connectivity index (χ3v) is 11.3. The molecule has 3 N–H and O–H groups in total. The number of piperazine rings is 1. The van der Waals surface area contributed by atoms with Gasteiger partial charge in [0, 0.05) is 87.6 Å². The van der Waals surface area contributed by atoms with Crippen molar-refractivity contribution in [3.63, 3.8) is 0 Å². The number of hydrogen-bond donors (Lipinski definition) is 3. The SMILES string of the molecule is Cc1cc(CC(NC(=O)N2CCC(N3Cc4ccccc4NC3=O)CC2)C(=O)N2CCC(N3CCN(CC(=O)O)CC3)CC2)ccc1Br. The lowest BCUT2D eigenvalue weighted by atomic mass is 9.99. The maximum absolute atomic E-state index is 14.1. The maximum Gasteiger partial charge on any atom is 0.322 e. The zero-order chi connectivity index (χ0) is 33.8. The largest absolute Gasteiger partial charge is 0.480 e. The van der Waals surface area contributed by atoms with Crippen LogP contribution in [0, 0.1) is 6.92 Å². The van der Waals surface area contributed by atoms with E-state index in [1.807, 2.05) is 58.0 Å². The summed E-state index contributed by atoms with van der Waals surface area (Å²) in [7, 11) is 0. The number of likely N-dealkylation sites (tertiary alicyclic amines) is 2. The van der Waals surface area contributed by atoms with Crippen LogP contribution in [0.5, 0.6) is 0 Å². The van der Waals surface area contributed by atoms with E-state index in [-0.39, 0.29) is 30.6 Å². The zero-order valence-electron chi connectivity index (χ0n) is 27.6. The van der Waals surface area contributed by atoms with Crippen molar-refractivity contribution in [2.24, 2.45) is 0 Å². The van der Waals surface area contributed by atoms with Crippen LogP contribution in [0.4, 0.5) is 15.3 Å². The fraction of sp³-hybridized carbons (Fsp3) is 0.543. The summed E-state index contributed by atoms with van der Waals surface area (Å²) in [6, 6.07) is 13.2. The molecule has 0 saturated carbocycles. The predicted molar refractivity (Wildman–Crippen MR) is 186 cm³/mol. The number of nitrogens with zero attached hydrogens (tertiary/aromatic N) is 5. The zero-order valence-corrected chi connectivity index (χ0v) is 29.2. The summed E-state index contributed by atoms with van der Waals surface area (Å²) in [6.07, 6.45) is 3.45. The van der Waals surface area contributed by atoms with E-state index >= 15 is 0 Å². The van der Waals surface area contributed by atoms with Crippen LogP contribution in [0.2, 0.25) is 0 Å². The second-order valence-electron chi connectivity index (χ2n) is 13.5. The lowest BCUT2D eigenvalue weighted by molar-refractivity contribution is -0.138. The highest BCUT2D eigenvalue weighted by atomic mass is 79.9. The van der Waals surface area contributed by atoms with Crippen LogP contribution in [0.25, 0.3) is 0 Å². The number of rotatable bonds is 8. The number of aryl methyl sites for hydroxylation is 1. The smallest absolute Gasteiger partial charge is 0.322 e. The molecule has 2 aromatic rings. The summed E-state index contributed by atoms with van der Waals surface area (Å²) in [5.74, 6) is -0.857. The van der Waals surface area contributed by atoms with Gasteiger partial charge in [0.05, 0.1) is 6.54 Å². The number of para-hydroxylation sites is 1. The van der Waals surface area contributed by atoms with Crippen molar-refractivity contribution in [3.8, 4) is 0 Å². The highest BCUT2D eigenvalue weighted by Crippen LogP contribution is 2.28. The van der Waals surface area contributed by atoms with Gasteiger partial charge in [-0.05, 0) is 61.4 Å². The van der Waals surface area contributed by atoms with Crippen molar-refractivity contribution in [2.75, 3.05) is 64.2 Å². The Bertz CT molecular complexity index is 1500. The van der Waals surface area contributed by atoms with Crippen molar-refractivity contribution in [1.29, 1.82) is 0 Å². The molecule has 2 aromatic carbocycles. The molecule has 13 heteroatoms. The average Bonchev–Trinajstić information content (AvgIpc) is 3.09. The molecule has 12 nitrogen and oxygen atoms in total. The summed E-state index contributed by atoms with van der Waals surface area (Å²) in [5.41, 5.74) is 4.00. The Labute approximate surface area is 290 Å². The average molecular weight is 725 g/mol. The third-order valence-electron chi connectivity index (χ3n) is 10.4. The highest BCUT2D eigenvalue weighted by Gasteiger charge is 2.36. The van der Waals surface area contributed by atoms with Crippen LogP contribution in [0.15, 0.2) is 46.9 Å². The van der Waals surface area contributed by atoms with Crippen LogP contribution in [-0.2, 0) is 22.6 Å². The molecule has 3 saturated heterocycles. The van der Waals surface area contributed by atoms with Gasteiger partial charge in [0.1, 0.15) is 6.04 Å². The monoisotopic (exact) mass is 723 g/mol. The van der Waals surface area contributed by atoms with Crippen molar-refractivity contribution in [1.82, 2.24) is 29.8 Å². The van der Waals surface area contributed by atoms with Crippen LogP contribution in [0.1, 0.15) is 42.4 Å². The molecule has 0 aromatic heterocycles. The normalized spacial score (nSPS) is 20.6. The van der Waals surface area contributed by atoms with Gasteiger partial charge in [-0.25, -0.2) is 9.59 Å². The number of anilines is 1. The summed E-state index contributed by atoms with van der Waals surface area (Å²) >= 11 is 3.56. The van der Waals surface area contributed by atoms with Gasteiger partial charge >= 0.3 is 18.0 Å². The number of carbonyl (C=O) groups excluding carboxylic acids is 3. The van der Waals surface area contributed by atoms with Gasteiger partial charge in [0.2, 0.25) is 5.91 Å². The van der Waals surface area contributed by atoms with Crippen molar-refractivity contribution in [2.45, 2.75) is 63.7 Å². The van der Waals surface area contributed by atoms with E-state index in [1.54, 1.807) is 4.90 Å². The van der Waals surface area contributed by atoms with Gasteiger partial charge in [-0.2, -0.15) is 0 Å². The molecular weight excluding hydrogens is 678 g/mol. The fourth-order valence-corrected chi connectivity index (χ4v) is 7.80. The van der Waals surface area contributed by atoms with Crippen molar-refractivity contribution >= 4 is 45.6 Å². The standard InChI is InChI=1S/C35H46BrN7O5/c1-24-20-25(6-7-29(24)36)21-31(33(46)41-12-8-27(9-13-41)40-18-16-39(17-19-40)23-32(44)45)38-34(47)42-14-10-28(11-15-42)43-22-26-4-2-3-5-30(26)37-35(43)48/h2-7,20,27-28,31H,8-19,21-23H2,1H3,(H,37,48)(H,38,47)(H,44,45). The van der Waals surface area contributed by atoms with Crippen LogP contribution in [-0.4, -0.2) is 131 Å². The number of carbonyl (C=O) groups is 4. The molecule has 1 unspecified atom stereocenters. The number of carboxylic acid groups (broad SMARTS) is 1. The quantitative estimate of drug-likeness (QED) is 0.380. The molecule has 5 amide bonds. The Hall–Kier alpha value is -3.68. The molecule has 6 rings (SSSR count). The first-order valence-electron chi connectivity index (χ1n) is 17.1. The van der Waals surface area contributed by atoms with Crippen molar-refractivity contribution < 1.29 is 24.3 Å². The molecule has 4 aliphatic heterocycles. The van der Waals surface area contributed by atoms with Gasteiger partial charge in [-0.1, -0.05) is 46.3 Å². The van der Waals surface area contributed by atoms with E-state index in [0.29, 0.717) is 58.0 Å². The summed E-state index contributed by atoms with van der Waals surface area (Å²) < 4.78 is 0.998. The molecule has 3 fully saturated rings. The van der Waals surface area contributed by atoms with Crippen LogP contribution < -0.4 is 10.6 Å². The first-order valence-corrected chi connectivity index (χ1v) is 17.9. The topological polar surface area (TPSA) is 129 Å². The number of amides is 5. The van der Waals surface area contributed by atoms with Gasteiger partial charge in [-0.15, -0.1) is 0 Å². The molecule has 0 bridgehead atoms. The Morgan fingerprint density at radius 3 is 2.27 bits per heavy atom. The molecule has 0 spiro atoms. The first kappa shape index (κ1) is 34.2. The van der Waals surface area contributed by atoms with Crippen LogP contribution >= 0.6 is 15.9 Å². The predicted octanol–water partition coefficient (Wildman–Crippen LogP) is 3.58. The lowest BCUT2D eigenvalue weighted by Crippen LogP contribution is -2.58. The lowest BCUT2D eigenvalue weighted by Gasteiger charge is -2.43. The van der Waals surface area contributed by atoms with E-state index in [1.165, 1.54) is 0 Å². The molecule has 0 aliphatic carbocycles. The summed E-state index contributed by atoms with van der Waals surface area (Å²) in [5, 5.41) is 15.2. The molecular formula is C35H46BrN7O5. The Balaban J connectivity index is 1.05. The number of halogens is 1. The van der Waals surface area contributed by atoms with Crippen molar-refractivity contribution in [3.05, 3.63) is 63.6 Å². The number of fused-ring (bicyclic) bond motifs is 1. The first-order chi connectivity index (χ1) is 23.1. The Kier molecular flexibility index (Phi) is 10.9. The molecule has 0 radical (unpaired) electrons. The minimum Gasteiger partial charge on any atom is -0.480 e. The molecule has 48 heavy (non-hydrogen) atoms. The molecule has 4 heterocycles. The van der Waals surface area contributed by atoms with Gasteiger partial charge < -0.3 is 30.4 Å². The maximum atomic E-state index is 14.1. The van der Waals surface area contributed by atoms with E-state index in [4.69, 9.17) is 5.11 Å². The van der Waals surface area contributed by atoms with Gasteiger partial charge in [-0.3, -0.25) is 19.4 Å². The number of hydrogen-bond acceptors (Lipinski definition) is 6. The van der Waals surface area contributed by atoms with E-state index in [2.05, 4.69) is 37.5 Å². The summed E-state index contributed by atoms with van der Waals surface area (Å²) in [4.78, 5) is 61.6. The number of piperidine rings is 2. The fourth-order valence-electron chi connectivity index (χ4n) is 7.56. The Morgan fingerprint density at radius 2 is 1.58 bits per heavy atom. The van der Waals surface area contributed by atoms with E-state index < -0.39 is 12.0 Å². The Morgan fingerprint density at radius 1 is 0.917 bits per heavy atom. The van der Waals surface area contributed by atoms with Crippen LogP contribution in [0.3, 0.4) is 0 Å². The number of urea groups is 2. The summed E-state index contributed by atoms with van der Waals surface area (Å²) in [6.45, 7) is 8.05. The van der Waals surface area contributed by atoms with Gasteiger partial charge in [0.15, 0.2) is 0 Å². The minimum atomic E-state index is -0.794. The molecule has 258 valence electrons. The minimum absolute atomic E-state index is 0.0343. The second kappa shape index (κ2) is 15.3. The highest BCUT2D eigenvalue weighted by molar-refractivity contribution is 9.10. The van der Waals surface area contributed by atoms with E-state index in [9.17, 15) is 19.2 Å². The number of benzene rings is 2. The third kappa shape index (κ3) is 8.12. The second-order valence-corrected chi connectivity index (χ2v) is 14.3. The molecule has 1 atom stereocenters. The molecule has 4 aliphatic rings. The number of carboxylic acids is 1. The van der Waals surface area contributed by atoms with Gasteiger partial charge in [0.25, 0.3) is 0 Å². The number of nitrogens with one attached hydrogen (secondary N) is 2. The van der Waals surface area contributed by atoms with E-state index in [0.717, 1.165) is 65.9 Å².